The lowest BCUT2D eigenvalue weighted by Crippen LogP contribution is -2.10. The van der Waals surface area contributed by atoms with Crippen LogP contribution in [0.5, 0.6) is 5.75 Å². The predicted octanol–water partition coefficient (Wildman–Crippen LogP) is 5.92. The van der Waals surface area contributed by atoms with Gasteiger partial charge in [-0.2, -0.15) is 0 Å². The van der Waals surface area contributed by atoms with Crippen molar-refractivity contribution in [2.75, 3.05) is 12.8 Å². The predicted molar refractivity (Wildman–Crippen MR) is 104 cm³/mol. The van der Waals surface area contributed by atoms with Gasteiger partial charge in [-0.15, -0.1) is 0 Å². The second-order valence-electron chi connectivity index (χ2n) is 7.88. The number of rotatable bonds is 3. The monoisotopic (exact) mass is 338 g/mol. The average Bonchev–Trinajstić information content (AvgIpc) is 2.69. The van der Waals surface area contributed by atoms with Gasteiger partial charge in [0.1, 0.15) is 5.75 Å². The first-order valence-corrected chi connectivity index (χ1v) is 10.0. The molecule has 1 aromatic heterocycles. The molecule has 0 spiro atoms. The Bertz CT molecular complexity index is 743. The molecule has 2 aromatic rings. The minimum Gasteiger partial charge on any atom is -0.496 e. The molecule has 134 valence electrons. The third-order valence-electron chi connectivity index (χ3n) is 6.29. The highest BCUT2D eigenvalue weighted by Gasteiger charge is 2.24. The van der Waals surface area contributed by atoms with Gasteiger partial charge in [0.05, 0.1) is 18.3 Å². The van der Waals surface area contributed by atoms with Crippen molar-refractivity contribution in [3.8, 4) is 5.75 Å². The van der Waals surface area contributed by atoms with Crippen LogP contribution in [-0.4, -0.2) is 12.1 Å². The Balaban J connectivity index is 1.81. The van der Waals surface area contributed by atoms with Crippen LogP contribution in [0.25, 0.3) is 10.9 Å². The van der Waals surface area contributed by atoms with Crippen molar-refractivity contribution < 1.29 is 4.74 Å². The molecule has 4 rings (SSSR count). The van der Waals surface area contributed by atoms with Gasteiger partial charge in [0.15, 0.2) is 0 Å². The van der Waals surface area contributed by atoms with Crippen molar-refractivity contribution in [2.45, 2.75) is 76.0 Å². The zero-order chi connectivity index (χ0) is 17.2. The van der Waals surface area contributed by atoms with Gasteiger partial charge in [-0.1, -0.05) is 44.6 Å². The van der Waals surface area contributed by atoms with E-state index in [1.807, 2.05) is 6.07 Å². The van der Waals surface area contributed by atoms with Crippen molar-refractivity contribution >= 4 is 16.6 Å². The number of benzene rings is 1. The Hall–Kier alpha value is -1.77. The van der Waals surface area contributed by atoms with Gasteiger partial charge >= 0.3 is 0 Å². The molecule has 2 fully saturated rings. The molecule has 1 heterocycles. The molecule has 0 bridgehead atoms. The molecule has 0 amide bonds. The molecule has 0 unspecified atom stereocenters. The summed E-state index contributed by atoms with van der Waals surface area (Å²) in [5, 5.41) is 1.21. The average molecular weight is 338 g/mol. The topological polar surface area (TPSA) is 48.1 Å². The van der Waals surface area contributed by atoms with Crippen LogP contribution in [0, 0.1) is 0 Å². The standard InChI is InChI=1S/C22H30N2O/c1-25-20-14-18(23)22-17(21(20)16-10-6-3-7-11-16)12-13-19(24-22)15-8-4-2-5-9-15/h12-16H,2-11,23H2,1H3. The molecule has 2 aliphatic carbocycles. The normalized spacial score (nSPS) is 20.0. The zero-order valence-corrected chi connectivity index (χ0v) is 15.4. The summed E-state index contributed by atoms with van der Waals surface area (Å²) in [5.74, 6) is 2.14. The molecule has 1 aromatic carbocycles. The molecule has 2 N–H and O–H groups in total. The lowest BCUT2D eigenvalue weighted by atomic mass is 9.81. The molecule has 3 heteroatoms. The summed E-state index contributed by atoms with van der Waals surface area (Å²) in [6.45, 7) is 0. The second kappa shape index (κ2) is 7.23. The van der Waals surface area contributed by atoms with Crippen LogP contribution in [0.2, 0.25) is 0 Å². The van der Waals surface area contributed by atoms with E-state index < -0.39 is 0 Å². The molecular formula is C22H30N2O. The molecule has 2 aliphatic rings. The maximum atomic E-state index is 6.39. The number of nitrogen functional groups attached to an aromatic ring is 1. The fourth-order valence-corrected chi connectivity index (χ4v) is 4.94. The van der Waals surface area contributed by atoms with E-state index in [1.165, 1.54) is 80.9 Å². The van der Waals surface area contributed by atoms with Gasteiger partial charge in [0, 0.05) is 28.6 Å². The summed E-state index contributed by atoms with van der Waals surface area (Å²) in [5.41, 5.74) is 10.7. The second-order valence-corrected chi connectivity index (χ2v) is 7.88. The summed E-state index contributed by atoms with van der Waals surface area (Å²) in [6.07, 6.45) is 13.0. The molecule has 25 heavy (non-hydrogen) atoms. The van der Waals surface area contributed by atoms with Crippen LogP contribution >= 0.6 is 0 Å². The Kier molecular flexibility index (Phi) is 4.82. The lowest BCUT2D eigenvalue weighted by Gasteiger charge is -2.26. The molecule has 3 nitrogen and oxygen atoms in total. The number of methoxy groups -OCH3 is 1. The number of ether oxygens (including phenoxy) is 1. The van der Waals surface area contributed by atoms with Crippen LogP contribution in [0.4, 0.5) is 5.69 Å². The number of hydrogen-bond donors (Lipinski definition) is 1. The highest BCUT2D eigenvalue weighted by Crippen LogP contribution is 2.43. The largest absolute Gasteiger partial charge is 0.496 e. The summed E-state index contributed by atoms with van der Waals surface area (Å²) < 4.78 is 5.73. The summed E-state index contributed by atoms with van der Waals surface area (Å²) in [4.78, 5) is 5.05. The molecule has 0 aliphatic heterocycles. The van der Waals surface area contributed by atoms with Crippen LogP contribution in [0.3, 0.4) is 0 Å². The maximum absolute atomic E-state index is 6.39. The Morgan fingerprint density at radius 2 is 1.56 bits per heavy atom. The number of hydrogen-bond acceptors (Lipinski definition) is 3. The number of fused-ring (bicyclic) bond motifs is 1. The van der Waals surface area contributed by atoms with Crippen LogP contribution in [0.15, 0.2) is 18.2 Å². The van der Waals surface area contributed by atoms with Gasteiger partial charge < -0.3 is 10.5 Å². The van der Waals surface area contributed by atoms with Crippen LogP contribution in [-0.2, 0) is 0 Å². The summed E-state index contributed by atoms with van der Waals surface area (Å²) in [7, 11) is 1.76. The number of nitrogens with zero attached hydrogens (tertiary/aromatic N) is 1. The SMILES string of the molecule is COc1cc(N)c2nc(C3CCCCC3)ccc2c1C1CCCCC1. The van der Waals surface area contributed by atoms with Gasteiger partial charge in [0.2, 0.25) is 0 Å². The Labute approximate surface area is 151 Å². The third-order valence-corrected chi connectivity index (χ3v) is 6.29. The molecule has 2 saturated carbocycles. The number of anilines is 1. The third kappa shape index (κ3) is 3.21. The van der Waals surface area contributed by atoms with Gasteiger partial charge in [-0.25, -0.2) is 0 Å². The van der Waals surface area contributed by atoms with Crippen molar-refractivity contribution in [2.24, 2.45) is 0 Å². The van der Waals surface area contributed by atoms with E-state index in [2.05, 4.69) is 12.1 Å². The minimum absolute atomic E-state index is 0.578. The first-order valence-electron chi connectivity index (χ1n) is 10.0. The molecule has 0 saturated heterocycles. The quantitative estimate of drug-likeness (QED) is 0.706. The zero-order valence-electron chi connectivity index (χ0n) is 15.4. The van der Waals surface area contributed by atoms with E-state index in [0.717, 1.165) is 17.0 Å². The van der Waals surface area contributed by atoms with Crippen molar-refractivity contribution in [1.29, 1.82) is 0 Å². The molecule has 0 radical (unpaired) electrons. The fourth-order valence-electron chi connectivity index (χ4n) is 4.94. The molecule has 0 atom stereocenters. The number of aromatic nitrogens is 1. The van der Waals surface area contributed by atoms with E-state index >= 15 is 0 Å². The maximum Gasteiger partial charge on any atom is 0.125 e. The van der Waals surface area contributed by atoms with Crippen molar-refractivity contribution in [3.05, 3.63) is 29.5 Å². The smallest absolute Gasteiger partial charge is 0.125 e. The van der Waals surface area contributed by atoms with Crippen molar-refractivity contribution in [3.63, 3.8) is 0 Å². The Morgan fingerprint density at radius 3 is 2.20 bits per heavy atom. The number of pyridine rings is 1. The highest BCUT2D eigenvalue weighted by molar-refractivity contribution is 5.94. The van der Waals surface area contributed by atoms with Crippen LogP contribution < -0.4 is 10.5 Å². The van der Waals surface area contributed by atoms with Gasteiger partial charge in [0.25, 0.3) is 0 Å². The van der Waals surface area contributed by atoms with Crippen LogP contribution in [0.1, 0.15) is 87.3 Å². The number of nitrogens with two attached hydrogens (primary N) is 1. The van der Waals surface area contributed by atoms with E-state index in [1.54, 1.807) is 7.11 Å². The fraction of sp³-hybridized carbons (Fsp3) is 0.591. The van der Waals surface area contributed by atoms with Gasteiger partial charge in [-0.05, 0) is 37.7 Å². The van der Waals surface area contributed by atoms with E-state index in [9.17, 15) is 0 Å². The first kappa shape index (κ1) is 16.7. The Morgan fingerprint density at radius 1 is 0.920 bits per heavy atom. The summed E-state index contributed by atoms with van der Waals surface area (Å²) >= 11 is 0. The minimum atomic E-state index is 0.578. The van der Waals surface area contributed by atoms with E-state index in [4.69, 9.17) is 15.5 Å². The summed E-state index contributed by atoms with van der Waals surface area (Å²) in [6, 6.07) is 6.53. The van der Waals surface area contributed by atoms with Crippen molar-refractivity contribution in [1.82, 2.24) is 4.98 Å². The van der Waals surface area contributed by atoms with E-state index in [-0.39, 0.29) is 0 Å². The lowest BCUT2D eigenvalue weighted by molar-refractivity contribution is 0.389. The molecular weight excluding hydrogens is 308 g/mol. The highest BCUT2D eigenvalue weighted by atomic mass is 16.5. The van der Waals surface area contributed by atoms with E-state index in [0.29, 0.717) is 11.8 Å². The van der Waals surface area contributed by atoms with Gasteiger partial charge in [-0.3, -0.25) is 4.98 Å². The first-order chi connectivity index (χ1) is 12.3.